The maximum absolute atomic E-state index is 10.3. The molecule has 5 nitrogen and oxygen atoms in total. The van der Waals surface area contributed by atoms with Crippen LogP contribution in [0.2, 0.25) is 0 Å². The Bertz CT molecular complexity index is 363. The molecule has 1 saturated heterocycles. The predicted octanol–water partition coefficient (Wildman–Crippen LogP) is 1.06. The Balaban J connectivity index is 2.01. The summed E-state index contributed by atoms with van der Waals surface area (Å²) in [5, 5.41) is 10.8. The second-order valence-electron chi connectivity index (χ2n) is 3.55. The smallest absolute Gasteiger partial charge is 0.404 e. The molecule has 2 N–H and O–H groups in total. The molecule has 0 atom stereocenters. The Kier molecular flexibility index (Phi) is 2.71. The first kappa shape index (κ1) is 9.76. The highest BCUT2D eigenvalue weighted by atomic mass is 16.4. The topological polar surface area (TPSA) is 65.5 Å². The van der Waals surface area contributed by atoms with E-state index in [1.807, 2.05) is 12.3 Å². The number of amides is 1. The van der Waals surface area contributed by atoms with E-state index in [4.69, 9.17) is 5.11 Å². The summed E-state index contributed by atoms with van der Waals surface area (Å²) in [5.74, 6) is 0. The summed E-state index contributed by atoms with van der Waals surface area (Å²) in [5.41, 5.74) is 1.97. The second-order valence-corrected chi connectivity index (χ2v) is 3.55. The summed E-state index contributed by atoms with van der Waals surface area (Å²) in [6.45, 7) is 2.44. The molecule has 0 unspecified atom stereocenters. The third-order valence-electron chi connectivity index (χ3n) is 2.45. The van der Waals surface area contributed by atoms with Gasteiger partial charge in [0.05, 0.1) is 11.9 Å². The van der Waals surface area contributed by atoms with Gasteiger partial charge < -0.3 is 15.3 Å². The average molecular weight is 207 g/mol. The summed E-state index contributed by atoms with van der Waals surface area (Å²) >= 11 is 0. The van der Waals surface area contributed by atoms with E-state index < -0.39 is 6.09 Å². The van der Waals surface area contributed by atoms with Crippen molar-refractivity contribution in [1.82, 2.24) is 10.3 Å². The lowest BCUT2D eigenvalue weighted by atomic mass is 10.2. The molecule has 0 radical (unpaired) electrons. The number of carboxylic acid groups (broad SMARTS) is 1. The predicted molar refractivity (Wildman–Crippen MR) is 55.9 cm³/mol. The van der Waals surface area contributed by atoms with Crippen molar-refractivity contribution < 1.29 is 9.90 Å². The van der Waals surface area contributed by atoms with Crippen molar-refractivity contribution >= 4 is 11.8 Å². The third kappa shape index (κ3) is 2.37. The van der Waals surface area contributed by atoms with Crippen molar-refractivity contribution in [2.75, 3.05) is 18.0 Å². The minimum atomic E-state index is -1.01. The second kappa shape index (κ2) is 4.16. The summed E-state index contributed by atoms with van der Waals surface area (Å²) < 4.78 is 0. The molecule has 80 valence electrons. The molecule has 5 heteroatoms. The molecular weight excluding hydrogens is 194 g/mol. The van der Waals surface area contributed by atoms with Crippen LogP contribution in [0.4, 0.5) is 10.5 Å². The lowest BCUT2D eigenvalue weighted by Gasteiger charge is -2.33. The Morgan fingerprint density at radius 3 is 2.93 bits per heavy atom. The molecule has 15 heavy (non-hydrogen) atoms. The fourth-order valence-electron chi connectivity index (χ4n) is 1.50. The zero-order valence-corrected chi connectivity index (χ0v) is 8.31. The average Bonchev–Trinajstić information content (AvgIpc) is 2.13. The summed E-state index contributed by atoms with van der Waals surface area (Å²) in [7, 11) is 0. The van der Waals surface area contributed by atoms with Gasteiger partial charge in [-0.05, 0) is 18.1 Å². The number of anilines is 1. The van der Waals surface area contributed by atoms with Crippen molar-refractivity contribution in [3.05, 3.63) is 24.0 Å². The molecule has 1 aromatic rings. The van der Waals surface area contributed by atoms with Gasteiger partial charge in [-0.1, -0.05) is 0 Å². The van der Waals surface area contributed by atoms with Gasteiger partial charge in [0, 0.05) is 25.8 Å². The van der Waals surface area contributed by atoms with E-state index in [1.165, 1.54) is 6.42 Å². The first-order valence-electron chi connectivity index (χ1n) is 4.91. The molecule has 0 spiro atoms. The largest absolute Gasteiger partial charge is 0.465 e. The molecule has 0 aromatic carbocycles. The number of aromatic nitrogens is 1. The fraction of sp³-hybridized carbons (Fsp3) is 0.400. The number of nitrogens with one attached hydrogen (secondary N) is 1. The summed E-state index contributed by atoms with van der Waals surface area (Å²) in [4.78, 5) is 16.6. The van der Waals surface area contributed by atoms with Crippen molar-refractivity contribution in [3.8, 4) is 0 Å². The van der Waals surface area contributed by atoms with E-state index in [0.29, 0.717) is 6.54 Å². The van der Waals surface area contributed by atoms with Gasteiger partial charge in [0.1, 0.15) is 0 Å². The molecule has 1 aliphatic heterocycles. The van der Waals surface area contributed by atoms with E-state index in [9.17, 15) is 4.79 Å². The lowest BCUT2D eigenvalue weighted by molar-refractivity contribution is 0.194. The van der Waals surface area contributed by atoms with Crippen molar-refractivity contribution in [2.24, 2.45) is 0 Å². The number of nitrogens with zero attached hydrogens (tertiary/aromatic N) is 2. The number of pyridine rings is 1. The van der Waals surface area contributed by atoms with Crippen LogP contribution in [0.25, 0.3) is 0 Å². The van der Waals surface area contributed by atoms with Crippen molar-refractivity contribution in [3.63, 3.8) is 0 Å². The van der Waals surface area contributed by atoms with Crippen LogP contribution in [0, 0.1) is 0 Å². The molecule has 1 amide bonds. The van der Waals surface area contributed by atoms with E-state index >= 15 is 0 Å². The molecule has 2 heterocycles. The lowest BCUT2D eigenvalue weighted by Crippen LogP contribution is -2.37. The van der Waals surface area contributed by atoms with Gasteiger partial charge in [0.15, 0.2) is 0 Å². The Morgan fingerprint density at radius 1 is 1.53 bits per heavy atom. The molecule has 1 aromatic heterocycles. The minimum absolute atomic E-state index is 0.310. The highest BCUT2D eigenvalue weighted by Gasteiger charge is 2.14. The Morgan fingerprint density at radius 2 is 2.33 bits per heavy atom. The van der Waals surface area contributed by atoms with Gasteiger partial charge in [-0.3, -0.25) is 4.98 Å². The molecule has 0 aliphatic carbocycles. The van der Waals surface area contributed by atoms with Gasteiger partial charge in [-0.2, -0.15) is 0 Å². The molecule has 0 bridgehead atoms. The molecule has 0 saturated carbocycles. The Hall–Kier alpha value is -1.78. The fourth-order valence-corrected chi connectivity index (χ4v) is 1.50. The number of hydrogen-bond acceptors (Lipinski definition) is 3. The minimum Gasteiger partial charge on any atom is -0.465 e. The van der Waals surface area contributed by atoms with E-state index in [0.717, 1.165) is 24.3 Å². The van der Waals surface area contributed by atoms with Crippen molar-refractivity contribution in [2.45, 2.75) is 13.0 Å². The maximum atomic E-state index is 10.3. The summed E-state index contributed by atoms with van der Waals surface area (Å²) in [6.07, 6.45) is 3.70. The van der Waals surface area contributed by atoms with Crippen LogP contribution in [0.1, 0.15) is 12.0 Å². The van der Waals surface area contributed by atoms with Crippen LogP contribution in [0.3, 0.4) is 0 Å². The zero-order valence-electron chi connectivity index (χ0n) is 8.31. The molecule has 2 rings (SSSR count). The van der Waals surface area contributed by atoms with Gasteiger partial charge in [0.2, 0.25) is 0 Å². The quantitative estimate of drug-likeness (QED) is 0.777. The zero-order chi connectivity index (χ0) is 10.7. The van der Waals surface area contributed by atoms with E-state index in [2.05, 4.69) is 15.2 Å². The van der Waals surface area contributed by atoms with Crippen LogP contribution in [0.5, 0.6) is 0 Å². The highest BCUT2D eigenvalue weighted by Crippen LogP contribution is 2.20. The molecule has 1 fully saturated rings. The van der Waals surface area contributed by atoms with Gasteiger partial charge in [-0.25, -0.2) is 4.79 Å². The van der Waals surface area contributed by atoms with Gasteiger partial charge in [0.25, 0.3) is 0 Å². The molecular formula is C10H13N3O2. The normalized spacial score (nSPS) is 14.5. The highest BCUT2D eigenvalue weighted by molar-refractivity contribution is 5.64. The van der Waals surface area contributed by atoms with Crippen LogP contribution >= 0.6 is 0 Å². The number of hydrogen-bond donors (Lipinski definition) is 2. The molecule has 1 aliphatic rings. The summed E-state index contributed by atoms with van der Waals surface area (Å²) in [6, 6.07) is 1.97. The van der Waals surface area contributed by atoms with E-state index in [-0.39, 0.29) is 0 Å². The SMILES string of the molecule is O=C(O)NCc1cncc(N2CCC2)c1. The maximum Gasteiger partial charge on any atom is 0.404 e. The first-order valence-corrected chi connectivity index (χ1v) is 4.91. The van der Waals surface area contributed by atoms with Gasteiger partial charge >= 0.3 is 6.09 Å². The van der Waals surface area contributed by atoms with Crippen LogP contribution < -0.4 is 10.2 Å². The number of rotatable bonds is 3. The number of carbonyl (C=O) groups is 1. The van der Waals surface area contributed by atoms with Crippen LogP contribution in [-0.4, -0.2) is 29.3 Å². The van der Waals surface area contributed by atoms with Gasteiger partial charge in [-0.15, -0.1) is 0 Å². The van der Waals surface area contributed by atoms with E-state index in [1.54, 1.807) is 6.20 Å². The first-order chi connectivity index (χ1) is 7.25. The van der Waals surface area contributed by atoms with Crippen LogP contribution in [-0.2, 0) is 6.54 Å². The Labute approximate surface area is 87.7 Å². The monoisotopic (exact) mass is 207 g/mol. The third-order valence-corrected chi connectivity index (χ3v) is 2.45. The standard InChI is InChI=1S/C10H13N3O2/c14-10(15)12-6-8-4-9(7-11-5-8)13-2-1-3-13/h4-5,7,12H,1-3,6H2,(H,14,15). The van der Waals surface area contributed by atoms with Crippen LogP contribution in [0.15, 0.2) is 18.5 Å². The van der Waals surface area contributed by atoms with Crippen molar-refractivity contribution in [1.29, 1.82) is 0 Å².